The van der Waals surface area contributed by atoms with Crippen LogP contribution in [0.5, 0.6) is 28.7 Å². The van der Waals surface area contributed by atoms with E-state index >= 15 is 0 Å². The molecule has 2 aromatic carbocycles. The van der Waals surface area contributed by atoms with E-state index in [2.05, 4.69) is 0 Å². The molecule has 42 heavy (non-hydrogen) atoms. The smallest absolute Gasteiger partial charge is 0.334 e. The van der Waals surface area contributed by atoms with Gasteiger partial charge in [-0.25, -0.2) is 4.79 Å². The van der Waals surface area contributed by atoms with Gasteiger partial charge in [-0.15, -0.1) is 0 Å². The maximum absolute atomic E-state index is 13.8. The first-order valence-corrected chi connectivity index (χ1v) is 13.8. The molecule has 11 nitrogen and oxygen atoms in total. The molecule has 11 heteroatoms. The number of hydroxylamine groups is 2. The fourth-order valence-corrected chi connectivity index (χ4v) is 6.93. The van der Waals surface area contributed by atoms with Crippen LogP contribution in [0, 0.1) is 17.0 Å². The first kappa shape index (κ1) is 28.2. The Labute approximate surface area is 243 Å². The van der Waals surface area contributed by atoms with Gasteiger partial charge in [0.25, 0.3) is 0 Å². The second kappa shape index (κ2) is 9.81. The van der Waals surface area contributed by atoms with Crippen LogP contribution < -0.4 is 18.9 Å². The average molecular weight is 581 g/mol. The molecule has 0 amide bonds. The van der Waals surface area contributed by atoms with Crippen molar-refractivity contribution in [3.8, 4) is 28.7 Å². The third kappa shape index (κ3) is 4.33. The molecule has 0 radical (unpaired) electrons. The molecule has 4 atom stereocenters. The third-order valence-electron chi connectivity index (χ3n) is 8.70. The number of hydrogen-bond acceptors (Lipinski definition) is 11. The van der Waals surface area contributed by atoms with E-state index in [1.54, 1.807) is 58.0 Å². The summed E-state index contributed by atoms with van der Waals surface area (Å²) >= 11 is 0. The normalized spacial score (nSPS) is 26.9. The number of phenols is 1. The monoisotopic (exact) mass is 580 g/mol. The van der Waals surface area contributed by atoms with Gasteiger partial charge in [-0.05, 0) is 69.5 Å². The summed E-state index contributed by atoms with van der Waals surface area (Å²) in [5.74, 6) is -1.58. The van der Waals surface area contributed by atoms with Gasteiger partial charge in [0.05, 0.1) is 26.7 Å². The van der Waals surface area contributed by atoms with Gasteiger partial charge in [0.15, 0.2) is 23.0 Å². The van der Waals surface area contributed by atoms with E-state index in [9.17, 15) is 19.9 Å². The number of hydrogen-bond donors (Lipinski definition) is 1. The molecule has 1 fully saturated rings. The molecule has 6 rings (SSSR count). The summed E-state index contributed by atoms with van der Waals surface area (Å²) in [6.45, 7) is 7.18. The lowest BCUT2D eigenvalue weighted by molar-refractivity contribution is -0.151. The summed E-state index contributed by atoms with van der Waals surface area (Å²) in [6.07, 6.45) is 1.02. The molecule has 1 N–H and O–H groups in total. The van der Waals surface area contributed by atoms with Crippen molar-refractivity contribution in [2.75, 3.05) is 27.6 Å². The second-order valence-corrected chi connectivity index (χ2v) is 12.3. The zero-order chi connectivity index (χ0) is 30.1. The van der Waals surface area contributed by atoms with E-state index in [-0.39, 0.29) is 37.1 Å². The third-order valence-corrected chi connectivity index (χ3v) is 8.70. The van der Waals surface area contributed by atoms with Crippen LogP contribution in [0.3, 0.4) is 0 Å². The first-order chi connectivity index (χ1) is 19.9. The van der Waals surface area contributed by atoms with Crippen LogP contribution in [0.25, 0.3) is 0 Å². The van der Waals surface area contributed by atoms with Crippen molar-refractivity contribution in [1.29, 1.82) is 0 Å². The van der Waals surface area contributed by atoms with Gasteiger partial charge in [-0.2, -0.15) is 0 Å². The van der Waals surface area contributed by atoms with Crippen molar-refractivity contribution in [3.05, 3.63) is 57.8 Å². The van der Waals surface area contributed by atoms with Crippen LogP contribution in [0.1, 0.15) is 62.8 Å². The number of benzene rings is 2. The summed E-state index contributed by atoms with van der Waals surface area (Å²) < 4.78 is 34.0. The number of methoxy groups -OCH3 is 2. The minimum Gasteiger partial charge on any atom is -0.784 e. The molecule has 0 unspecified atom stereocenters. The van der Waals surface area contributed by atoms with Crippen LogP contribution in [0.4, 0.5) is 0 Å². The highest BCUT2D eigenvalue weighted by Crippen LogP contribution is 2.56. The number of phenolic OH excluding ortho intramolecular Hbond substituents is 1. The summed E-state index contributed by atoms with van der Waals surface area (Å²) in [7, 11) is 2.86. The highest BCUT2D eigenvalue weighted by molar-refractivity contribution is 5.90. The molecule has 4 aliphatic rings. The molecule has 0 saturated carbocycles. The molecule has 3 aliphatic heterocycles. The van der Waals surface area contributed by atoms with Crippen molar-refractivity contribution in [2.45, 2.75) is 57.2 Å². The molecular weight excluding hydrogens is 546 g/mol. The number of rotatable bonds is 5. The van der Waals surface area contributed by atoms with E-state index in [0.717, 1.165) is 5.06 Å². The van der Waals surface area contributed by atoms with E-state index in [1.807, 2.05) is 0 Å². The predicted molar refractivity (Wildman–Crippen MR) is 148 cm³/mol. The highest BCUT2D eigenvalue weighted by atomic mass is 16.7. The molecular formula is C31H34NO10-. The number of esters is 2. The fourth-order valence-electron chi connectivity index (χ4n) is 6.93. The van der Waals surface area contributed by atoms with Crippen LogP contribution >= 0.6 is 0 Å². The lowest BCUT2D eigenvalue weighted by atomic mass is 9.66. The minimum absolute atomic E-state index is 0.0336. The van der Waals surface area contributed by atoms with E-state index in [4.69, 9.17) is 28.4 Å². The summed E-state index contributed by atoms with van der Waals surface area (Å²) in [6, 6.07) is 6.92. The Bertz CT molecular complexity index is 1470. The van der Waals surface area contributed by atoms with Gasteiger partial charge in [0.2, 0.25) is 12.5 Å². The van der Waals surface area contributed by atoms with Crippen molar-refractivity contribution in [3.63, 3.8) is 0 Å². The Hall–Kier alpha value is -3.96. The molecule has 224 valence electrons. The summed E-state index contributed by atoms with van der Waals surface area (Å²) in [5, 5.41) is 24.4. The van der Waals surface area contributed by atoms with Crippen LogP contribution in [0.2, 0.25) is 0 Å². The second-order valence-electron chi connectivity index (χ2n) is 12.3. The number of nitrogens with zero attached hydrogens (tertiary/aromatic N) is 1. The zero-order valence-corrected chi connectivity index (χ0v) is 24.4. The predicted octanol–water partition coefficient (Wildman–Crippen LogP) is 4.34. The van der Waals surface area contributed by atoms with E-state index in [1.165, 1.54) is 14.2 Å². The fraction of sp³-hybridized carbons (Fsp3) is 0.484. The summed E-state index contributed by atoms with van der Waals surface area (Å²) in [4.78, 5) is 27.1. The maximum atomic E-state index is 13.8. The van der Waals surface area contributed by atoms with Crippen molar-refractivity contribution < 1.29 is 43.1 Å². The van der Waals surface area contributed by atoms with E-state index < -0.39 is 46.9 Å². The Morgan fingerprint density at radius 3 is 2.21 bits per heavy atom. The number of carbonyl (C=O) groups excluding carboxylic acids is 2. The molecule has 0 bridgehead atoms. The van der Waals surface area contributed by atoms with Crippen molar-refractivity contribution in [2.24, 2.45) is 11.8 Å². The number of fused-ring (bicyclic) bond motifs is 3. The van der Waals surface area contributed by atoms with Crippen molar-refractivity contribution >= 4 is 11.9 Å². The lowest BCUT2D eigenvalue weighted by Crippen LogP contribution is -2.54. The van der Waals surface area contributed by atoms with E-state index in [0.29, 0.717) is 33.8 Å². The Kier molecular flexibility index (Phi) is 6.58. The lowest BCUT2D eigenvalue weighted by Gasteiger charge is -2.56. The maximum Gasteiger partial charge on any atom is 0.334 e. The number of ether oxygens (including phenoxy) is 6. The minimum atomic E-state index is -0.913. The van der Waals surface area contributed by atoms with Gasteiger partial charge in [0, 0.05) is 34.1 Å². The van der Waals surface area contributed by atoms with Gasteiger partial charge < -0.3 is 43.8 Å². The highest BCUT2D eigenvalue weighted by Gasteiger charge is 2.54. The largest absolute Gasteiger partial charge is 0.784 e. The molecule has 0 aromatic heterocycles. The van der Waals surface area contributed by atoms with Crippen LogP contribution in [-0.2, 0) is 19.1 Å². The quantitative estimate of drug-likeness (QED) is 0.506. The SMILES string of the molecule is COc1cc([C@@H]2c3cc4c(cc3[C@@H](OC(=O)C3=CC(C)(C)N([O-])C(C)(C)C3)[C@H]3COC(=O)[C@H]23)OCO4)cc(OC)c1O. The number of cyclic esters (lactones) is 1. The average Bonchev–Trinajstić information content (AvgIpc) is 3.56. The van der Waals surface area contributed by atoms with Crippen LogP contribution in [0.15, 0.2) is 35.9 Å². The number of carbonyl (C=O) groups is 2. The molecule has 1 aliphatic carbocycles. The summed E-state index contributed by atoms with van der Waals surface area (Å²) in [5.41, 5.74) is 0.661. The van der Waals surface area contributed by atoms with Crippen LogP contribution in [-0.4, -0.2) is 60.8 Å². The molecule has 0 spiro atoms. The Morgan fingerprint density at radius 2 is 1.62 bits per heavy atom. The van der Waals surface area contributed by atoms with Crippen molar-refractivity contribution in [1.82, 2.24) is 5.06 Å². The zero-order valence-electron chi connectivity index (χ0n) is 24.4. The standard InChI is InChI=1S/C31H34NO10/c1-30(2)11-16(12-31(3,4)32(30)36)28(34)42-27-18-10-21-20(40-14-41-21)9-17(18)24(25-19(27)13-39-29(25)35)15-7-22(37-5)26(33)23(8-15)38-6/h7-11,19,24-25,27,33H,12-14H2,1-6H3/q-1/t19-,24+,25-,27+/m0/s1. The van der Waals surface area contributed by atoms with Gasteiger partial charge >= 0.3 is 11.9 Å². The Balaban J connectivity index is 1.48. The molecule has 2 aromatic rings. The van der Waals surface area contributed by atoms with Gasteiger partial charge in [-0.1, -0.05) is 6.08 Å². The first-order valence-electron chi connectivity index (χ1n) is 13.8. The van der Waals surface area contributed by atoms with Gasteiger partial charge in [0.1, 0.15) is 6.10 Å². The van der Waals surface area contributed by atoms with Gasteiger partial charge in [-0.3, -0.25) is 4.79 Å². The molecule has 1 saturated heterocycles. The topological polar surface area (TPSA) is 136 Å². The Morgan fingerprint density at radius 1 is 1.00 bits per heavy atom. The molecule has 3 heterocycles. The number of aromatic hydroxyl groups is 1.